The normalized spacial score (nSPS) is 22.5. The largest absolute Gasteiger partial charge is 0.365 e. The first kappa shape index (κ1) is 12.0. The first-order valence-electron chi connectivity index (χ1n) is 5.76. The maximum absolute atomic E-state index is 13.5. The molecule has 17 heavy (non-hydrogen) atoms. The van der Waals surface area contributed by atoms with Crippen molar-refractivity contribution < 1.29 is 4.39 Å². The molecule has 0 aromatic carbocycles. The summed E-state index contributed by atoms with van der Waals surface area (Å²) < 4.78 is 13.5. The standard InChI is InChI=1S/C11H18FN5/c1-11(2)4-3-7(5-11)15-9-8(12)6-14-10(16-9)17-13/h6-7H,3-5,13H2,1-2H3,(H2,14,15,16,17). The fourth-order valence-electron chi connectivity index (χ4n) is 2.29. The number of aromatic nitrogens is 2. The number of hydrazine groups is 1. The van der Waals surface area contributed by atoms with Gasteiger partial charge in [0.15, 0.2) is 11.6 Å². The van der Waals surface area contributed by atoms with E-state index < -0.39 is 5.82 Å². The minimum Gasteiger partial charge on any atom is -0.365 e. The Balaban J connectivity index is 2.08. The number of hydrogen-bond acceptors (Lipinski definition) is 5. The predicted octanol–water partition coefficient (Wildman–Crippen LogP) is 1.89. The molecule has 4 N–H and O–H groups in total. The summed E-state index contributed by atoms with van der Waals surface area (Å²) in [6.07, 6.45) is 4.30. The van der Waals surface area contributed by atoms with Crippen molar-refractivity contribution in [2.24, 2.45) is 11.3 Å². The summed E-state index contributed by atoms with van der Waals surface area (Å²) in [5, 5.41) is 3.12. The van der Waals surface area contributed by atoms with Gasteiger partial charge >= 0.3 is 0 Å². The van der Waals surface area contributed by atoms with Crippen LogP contribution in [-0.2, 0) is 0 Å². The van der Waals surface area contributed by atoms with Gasteiger partial charge in [-0.3, -0.25) is 5.43 Å². The van der Waals surface area contributed by atoms with Gasteiger partial charge in [-0.15, -0.1) is 0 Å². The number of anilines is 2. The summed E-state index contributed by atoms with van der Waals surface area (Å²) >= 11 is 0. The first-order valence-corrected chi connectivity index (χ1v) is 5.76. The van der Waals surface area contributed by atoms with Crippen LogP contribution < -0.4 is 16.6 Å². The highest BCUT2D eigenvalue weighted by atomic mass is 19.1. The molecule has 0 saturated heterocycles. The van der Waals surface area contributed by atoms with Crippen molar-refractivity contribution >= 4 is 11.8 Å². The Morgan fingerprint density at radius 1 is 1.53 bits per heavy atom. The molecule has 1 aliphatic carbocycles. The van der Waals surface area contributed by atoms with Gasteiger partial charge in [-0.1, -0.05) is 13.8 Å². The first-order chi connectivity index (χ1) is 8.00. The lowest BCUT2D eigenvalue weighted by atomic mass is 9.92. The minimum atomic E-state index is -0.450. The Hall–Kier alpha value is -1.43. The van der Waals surface area contributed by atoms with Crippen molar-refractivity contribution in [3.05, 3.63) is 12.0 Å². The minimum absolute atomic E-state index is 0.214. The molecule has 1 aliphatic rings. The Labute approximate surface area is 100.0 Å². The Morgan fingerprint density at radius 3 is 2.88 bits per heavy atom. The molecule has 0 spiro atoms. The summed E-state index contributed by atoms with van der Waals surface area (Å²) in [7, 11) is 0. The number of halogens is 1. The van der Waals surface area contributed by atoms with E-state index in [2.05, 4.69) is 34.6 Å². The second kappa shape index (κ2) is 4.44. The van der Waals surface area contributed by atoms with Crippen molar-refractivity contribution in [2.45, 2.75) is 39.2 Å². The molecule has 1 saturated carbocycles. The fourth-order valence-corrected chi connectivity index (χ4v) is 2.29. The van der Waals surface area contributed by atoms with Gasteiger partial charge in [0.1, 0.15) is 0 Å². The smallest absolute Gasteiger partial charge is 0.239 e. The molecule has 0 bridgehead atoms. The molecule has 1 aromatic heterocycles. The summed E-state index contributed by atoms with van der Waals surface area (Å²) in [4.78, 5) is 7.67. The van der Waals surface area contributed by atoms with Gasteiger partial charge in [0.25, 0.3) is 0 Å². The van der Waals surface area contributed by atoms with Crippen LogP contribution >= 0.6 is 0 Å². The van der Waals surface area contributed by atoms with Crippen molar-refractivity contribution in [1.29, 1.82) is 0 Å². The SMILES string of the molecule is CC1(C)CCC(Nc2nc(NN)ncc2F)C1. The monoisotopic (exact) mass is 239 g/mol. The molecule has 0 radical (unpaired) electrons. The Morgan fingerprint density at radius 2 is 2.29 bits per heavy atom. The maximum Gasteiger partial charge on any atom is 0.239 e. The number of nitrogens with zero attached hydrogens (tertiary/aromatic N) is 2. The highest BCUT2D eigenvalue weighted by Gasteiger charge is 2.31. The van der Waals surface area contributed by atoms with Crippen LogP contribution in [0.15, 0.2) is 6.20 Å². The fraction of sp³-hybridized carbons (Fsp3) is 0.636. The molecule has 1 heterocycles. The van der Waals surface area contributed by atoms with Crippen LogP contribution in [0.4, 0.5) is 16.2 Å². The number of rotatable bonds is 3. The molecule has 0 amide bonds. The van der Waals surface area contributed by atoms with Gasteiger partial charge in [-0.05, 0) is 24.7 Å². The van der Waals surface area contributed by atoms with E-state index in [1.54, 1.807) is 0 Å². The van der Waals surface area contributed by atoms with Gasteiger partial charge < -0.3 is 5.32 Å². The van der Waals surface area contributed by atoms with Crippen LogP contribution in [0.5, 0.6) is 0 Å². The number of nitrogen functional groups attached to an aromatic ring is 1. The van der Waals surface area contributed by atoms with E-state index in [1.165, 1.54) is 0 Å². The Kier molecular flexibility index (Phi) is 3.15. The highest BCUT2D eigenvalue weighted by Crippen LogP contribution is 2.38. The van der Waals surface area contributed by atoms with Crippen molar-refractivity contribution in [3.8, 4) is 0 Å². The molecule has 6 heteroatoms. The summed E-state index contributed by atoms with van der Waals surface area (Å²) in [6, 6.07) is 0.264. The molecular formula is C11H18FN5. The number of hydrogen-bond donors (Lipinski definition) is 3. The van der Waals surface area contributed by atoms with E-state index in [0.717, 1.165) is 25.5 Å². The van der Waals surface area contributed by atoms with Gasteiger partial charge in [0, 0.05) is 6.04 Å². The highest BCUT2D eigenvalue weighted by molar-refractivity contribution is 5.41. The lowest BCUT2D eigenvalue weighted by molar-refractivity contribution is 0.378. The van der Waals surface area contributed by atoms with E-state index in [4.69, 9.17) is 5.84 Å². The summed E-state index contributed by atoms with van der Waals surface area (Å²) in [5.74, 6) is 5.18. The number of nitrogens with two attached hydrogens (primary N) is 1. The second-order valence-corrected chi connectivity index (χ2v) is 5.28. The quantitative estimate of drug-likeness (QED) is 0.554. The third-order valence-electron chi connectivity index (χ3n) is 3.18. The average Bonchev–Trinajstić information content (AvgIpc) is 2.61. The molecule has 1 aromatic rings. The molecule has 5 nitrogen and oxygen atoms in total. The lowest BCUT2D eigenvalue weighted by Gasteiger charge is -2.18. The zero-order valence-corrected chi connectivity index (χ0v) is 10.1. The third kappa shape index (κ3) is 2.82. The van der Waals surface area contributed by atoms with Gasteiger partial charge in [-0.25, -0.2) is 15.2 Å². The summed E-state index contributed by atoms with van der Waals surface area (Å²) in [5.41, 5.74) is 2.62. The van der Waals surface area contributed by atoms with Crippen molar-refractivity contribution in [1.82, 2.24) is 9.97 Å². The maximum atomic E-state index is 13.5. The van der Waals surface area contributed by atoms with E-state index in [-0.39, 0.29) is 17.8 Å². The topological polar surface area (TPSA) is 75.9 Å². The van der Waals surface area contributed by atoms with Gasteiger partial charge in [0.2, 0.25) is 5.95 Å². The van der Waals surface area contributed by atoms with Crippen LogP contribution in [-0.4, -0.2) is 16.0 Å². The van der Waals surface area contributed by atoms with Gasteiger partial charge in [0.05, 0.1) is 6.20 Å². The zero-order valence-electron chi connectivity index (χ0n) is 10.1. The lowest BCUT2D eigenvalue weighted by Crippen LogP contribution is -2.20. The van der Waals surface area contributed by atoms with E-state index in [9.17, 15) is 4.39 Å². The van der Waals surface area contributed by atoms with Crippen LogP contribution in [0.1, 0.15) is 33.1 Å². The van der Waals surface area contributed by atoms with Crippen molar-refractivity contribution in [2.75, 3.05) is 10.7 Å². The molecule has 1 fully saturated rings. The van der Waals surface area contributed by atoms with Crippen LogP contribution in [0.25, 0.3) is 0 Å². The second-order valence-electron chi connectivity index (χ2n) is 5.28. The van der Waals surface area contributed by atoms with Crippen molar-refractivity contribution in [3.63, 3.8) is 0 Å². The Bertz CT molecular complexity index is 407. The summed E-state index contributed by atoms with van der Waals surface area (Å²) in [6.45, 7) is 4.44. The van der Waals surface area contributed by atoms with E-state index in [1.807, 2.05) is 0 Å². The molecule has 94 valence electrons. The van der Waals surface area contributed by atoms with Crippen LogP contribution in [0.2, 0.25) is 0 Å². The van der Waals surface area contributed by atoms with Crippen LogP contribution in [0, 0.1) is 11.2 Å². The third-order valence-corrected chi connectivity index (χ3v) is 3.18. The molecule has 2 rings (SSSR count). The number of nitrogens with one attached hydrogen (secondary N) is 2. The zero-order chi connectivity index (χ0) is 12.5. The molecule has 1 atom stereocenters. The van der Waals surface area contributed by atoms with Gasteiger partial charge in [-0.2, -0.15) is 4.98 Å². The molecular weight excluding hydrogens is 221 g/mol. The predicted molar refractivity (Wildman–Crippen MR) is 64.8 cm³/mol. The van der Waals surface area contributed by atoms with E-state index in [0.29, 0.717) is 5.41 Å². The molecule has 1 unspecified atom stereocenters. The van der Waals surface area contributed by atoms with Crippen LogP contribution in [0.3, 0.4) is 0 Å². The molecule has 0 aliphatic heterocycles. The average molecular weight is 239 g/mol. The van der Waals surface area contributed by atoms with E-state index >= 15 is 0 Å².